The number of halogens is 1. The van der Waals surface area contributed by atoms with Crippen molar-refractivity contribution in [3.63, 3.8) is 0 Å². The third-order valence-electron chi connectivity index (χ3n) is 1.35. The van der Waals surface area contributed by atoms with Gasteiger partial charge in [0.05, 0.1) is 0 Å². The molecular formula is C6H5ClN4OS2. The molecule has 0 fully saturated rings. The highest BCUT2D eigenvalue weighted by Crippen LogP contribution is 2.25. The van der Waals surface area contributed by atoms with Crippen molar-refractivity contribution in [1.29, 1.82) is 0 Å². The van der Waals surface area contributed by atoms with E-state index in [-0.39, 0.29) is 0 Å². The van der Waals surface area contributed by atoms with Crippen LogP contribution in [0.15, 0.2) is 9.64 Å². The summed E-state index contributed by atoms with van der Waals surface area (Å²) in [5.74, 6) is 1.15. The number of nitrogens with zero attached hydrogens (tertiary/aromatic N) is 4. The van der Waals surface area contributed by atoms with Gasteiger partial charge in [0.25, 0.3) is 5.22 Å². The van der Waals surface area contributed by atoms with Crippen molar-refractivity contribution in [1.82, 2.24) is 19.8 Å². The molecule has 0 amide bonds. The normalized spacial score (nSPS) is 10.7. The lowest BCUT2D eigenvalue weighted by Crippen LogP contribution is -1.82. The maximum Gasteiger partial charge on any atom is 0.276 e. The van der Waals surface area contributed by atoms with E-state index in [1.165, 1.54) is 23.3 Å². The standard InChI is InChI=1S/C6H5ClN4OS2/c1-3-8-10-6(12-3)13-2-4-5(7)14-11-9-4/h2H2,1H3. The lowest BCUT2D eigenvalue weighted by Gasteiger charge is -1.91. The zero-order valence-electron chi connectivity index (χ0n) is 7.10. The second-order valence-corrected chi connectivity index (χ2v) is 4.65. The van der Waals surface area contributed by atoms with Crippen molar-refractivity contribution in [2.24, 2.45) is 0 Å². The van der Waals surface area contributed by atoms with Crippen LogP contribution < -0.4 is 0 Å². The molecule has 0 N–H and O–H groups in total. The predicted molar refractivity (Wildman–Crippen MR) is 53.5 cm³/mol. The van der Waals surface area contributed by atoms with Crippen molar-refractivity contribution in [3.05, 3.63) is 15.9 Å². The molecule has 14 heavy (non-hydrogen) atoms. The molecule has 0 aliphatic heterocycles. The minimum absolute atomic E-state index is 0.520. The summed E-state index contributed by atoms with van der Waals surface area (Å²) in [7, 11) is 0. The van der Waals surface area contributed by atoms with Crippen LogP contribution in [0.4, 0.5) is 0 Å². The molecule has 74 valence electrons. The summed E-state index contributed by atoms with van der Waals surface area (Å²) in [5.41, 5.74) is 0.748. The summed E-state index contributed by atoms with van der Waals surface area (Å²) in [4.78, 5) is 0. The fraction of sp³-hybridized carbons (Fsp3) is 0.333. The Hall–Kier alpha value is -0.660. The third kappa shape index (κ3) is 2.23. The van der Waals surface area contributed by atoms with Gasteiger partial charge in [-0.3, -0.25) is 0 Å². The molecule has 0 saturated carbocycles. The minimum Gasteiger partial charge on any atom is -0.416 e. The number of thioether (sulfide) groups is 1. The Morgan fingerprint density at radius 3 is 2.86 bits per heavy atom. The lowest BCUT2D eigenvalue weighted by molar-refractivity contribution is 0.429. The summed E-state index contributed by atoms with van der Waals surface area (Å²) in [6, 6.07) is 0. The van der Waals surface area contributed by atoms with Crippen molar-refractivity contribution < 1.29 is 4.42 Å². The van der Waals surface area contributed by atoms with Crippen LogP contribution in [-0.4, -0.2) is 19.8 Å². The van der Waals surface area contributed by atoms with Gasteiger partial charge in [-0.05, 0) is 0 Å². The minimum atomic E-state index is 0.520. The van der Waals surface area contributed by atoms with Gasteiger partial charge in [-0.25, -0.2) is 0 Å². The highest BCUT2D eigenvalue weighted by molar-refractivity contribution is 7.98. The van der Waals surface area contributed by atoms with Crippen LogP contribution in [0, 0.1) is 6.92 Å². The van der Waals surface area contributed by atoms with E-state index >= 15 is 0 Å². The number of hydrogen-bond donors (Lipinski definition) is 0. The predicted octanol–water partition coefficient (Wildman–Crippen LogP) is 2.18. The first-order valence-electron chi connectivity index (χ1n) is 3.65. The second-order valence-electron chi connectivity index (χ2n) is 2.37. The van der Waals surface area contributed by atoms with Crippen LogP contribution in [0.2, 0.25) is 4.34 Å². The summed E-state index contributed by atoms with van der Waals surface area (Å²) in [5, 5.41) is 11.9. The van der Waals surface area contributed by atoms with Crippen LogP contribution in [0.25, 0.3) is 0 Å². The van der Waals surface area contributed by atoms with E-state index in [1.54, 1.807) is 6.92 Å². The molecule has 0 aliphatic carbocycles. The van der Waals surface area contributed by atoms with E-state index in [0.717, 1.165) is 5.69 Å². The van der Waals surface area contributed by atoms with Crippen LogP contribution in [0.1, 0.15) is 11.6 Å². The number of aromatic nitrogens is 4. The SMILES string of the molecule is Cc1nnc(SCc2nnsc2Cl)o1. The van der Waals surface area contributed by atoms with Gasteiger partial charge in [-0.1, -0.05) is 27.9 Å². The zero-order valence-corrected chi connectivity index (χ0v) is 9.49. The Kier molecular flexibility index (Phi) is 2.99. The first-order valence-corrected chi connectivity index (χ1v) is 5.79. The maximum atomic E-state index is 5.82. The largest absolute Gasteiger partial charge is 0.416 e. The molecule has 5 nitrogen and oxygen atoms in total. The summed E-state index contributed by atoms with van der Waals surface area (Å²) < 4.78 is 9.50. The van der Waals surface area contributed by atoms with Crippen LogP contribution >= 0.6 is 34.9 Å². The van der Waals surface area contributed by atoms with Gasteiger partial charge in [0.2, 0.25) is 5.89 Å². The molecule has 0 bridgehead atoms. The van der Waals surface area contributed by atoms with Crippen molar-refractivity contribution >= 4 is 34.9 Å². The second kappa shape index (κ2) is 4.24. The van der Waals surface area contributed by atoms with E-state index in [9.17, 15) is 0 Å². The molecule has 8 heteroatoms. The number of hydrogen-bond acceptors (Lipinski definition) is 7. The van der Waals surface area contributed by atoms with Gasteiger partial charge in [0, 0.05) is 24.2 Å². The van der Waals surface area contributed by atoms with Crippen LogP contribution in [-0.2, 0) is 5.75 Å². The van der Waals surface area contributed by atoms with E-state index in [1.807, 2.05) is 0 Å². The Morgan fingerprint density at radius 2 is 2.29 bits per heavy atom. The quantitative estimate of drug-likeness (QED) is 0.776. The van der Waals surface area contributed by atoms with Gasteiger partial charge in [-0.2, -0.15) is 0 Å². The first kappa shape index (κ1) is 9.88. The maximum absolute atomic E-state index is 5.82. The average Bonchev–Trinajstić information content (AvgIpc) is 2.72. The first-order chi connectivity index (χ1) is 6.75. The van der Waals surface area contributed by atoms with Crippen molar-refractivity contribution in [2.75, 3.05) is 0 Å². The highest BCUT2D eigenvalue weighted by atomic mass is 35.5. The zero-order chi connectivity index (χ0) is 9.97. The Bertz CT molecular complexity index is 429. The molecule has 2 rings (SSSR count). The van der Waals surface area contributed by atoms with E-state index < -0.39 is 0 Å². The van der Waals surface area contributed by atoms with Gasteiger partial charge in [0.15, 0.2) is 0 Å². The molecular weight excluding hydrogens is 244 g/mol. The molecule has 0 radical (unpaired) electrons. The molecule has 2 aromatic rings. The van der Waals surface area contributed by atoms with Gasteiger partial charge < -0.3 is 4.42 Å². The fourth-order valence-electron chi connectivity index (χ4n) is 0.750. The average molecular weight is 249 g/mol. The molecule has 2 heterocycles. The molecule has 0 unspecified atom stereocenters. The van der Waals surface area contributed by atoms with E-state index in [0.29, 0.717) is 21.2 Å². The molecule has 0 spiro atoms. The Balaban J connectivity index is 1.98. The van der Waals surface area contributed by atoms with Gasteiger partial charge in [0.1, 0.15) is 10.0 Å². The Morgan fingerprint density at radius 1 is 1.43 bits per heavy atom. The third-order valence-corrected chi connectivity index (χ3v) is 3.16. The smallest absolute Gasteiger partial charge is 0.276 e. The Labute approximate surface area is 93.0 Å². The molecule has 0 aromatic carbocycles. The molecule has 0 atom stereocenters. The molecule has 0 saturated heterocycles. The summed E-state index contributed by atoms with van der Waals surface area (Å²) in [6.45, 7) is 1.74. The number of rotatable bonds is 3. The van der Waals surface area contributed by atoms with E-state index in [2.05, 4.69) is 19.8 Å². The van der Waals surface area contributed by atoms with Crippen molar-refractivity contribution in [2.45, 2.75) is 17.9 Å². The topological polar surface area (TPSA) is 64.7 Å². The van der Waals surface area contributed by atoms with Crippen molar-refractivity contribution in [3.8, 4) is 0 Å². The van der Waals surface area contributed by atoms with Gasteiger partial charge in [-0.15, -0.1) is 15.3 Å². The van der Waals surface area contributed by atoms with Crippen LogP contribution in [0.3, 0.4) is 0 Å². The fourth-order valence-corrected chi connectivity index (χ4v) is 2.29. The molecule has 0 aliphatic rings. The monoisotopic (exact) mass is 248 g/mol. The lowest BCUT2D eigenvalue weighted by atomic mass is 10.6. The summed E-state index contributed by atoms with van der Waals surface area (Å²) in [6.07, 6.45) is 0. The van der Waals surface area contributed by atoms with E-state index in [4.69, 9.17) is 16.0 Å². The van der Waals surface area contributed by atoms with Crippen LogP contribution in [0.5, 0.6) is 0 Å². The summed E-state index contributed by atoms with van der Waals surface area (Å²) >= 11 is 8.39. The highest BCUT2D eigenvalue weighted by Gasteiger charge is 2.08. The number of aryl methyl sites for hydroxylation is 1. The molecule has 2 aromatic heterocycles. The van der Waals surface area contributed by atoms with Gasteiger partial charge >= 0.3 is 0 Å².